The molecule has 0 radical (unpaired) electrons. The molecule has 24 heavy (non-hydrogen) atoms. The molecule has 0 spiro atoms. The van der Waals surface area contributed by atoms with E-state index < -0.39 is 0 Å². The summed E-state index contributed by atoms with van der Waals surface area (Å²) in [5.41, 5.74) is 2.67. The van der Waals surface area contributed by atoms with Crippen molar-refractivity contribution < 1.29 is 4.79 Å². The van der Waals surface area contributed by atoms with Crippen molar-refractivity contribution in [3.8, 4) is 0 Å². The second-order valence-electron chi connectivity index (χ2n) is 5.14. The summed E-state index contributed by atoms with van der Waals surface area (Å²) in [5, 5.41) is 14.1. The summed E-state index contributed by atoms with van der Waals surface area (Å²) < 4.78 is 0. The molecule has 0 fully saturated rings. The maximum absolute atomic E-state index is 12.0. The van der Waals surface area contributed by atoms with E-state index in [4.69, 9.17) is 0 Å². The van der Waals surface area contributed by atoms with Gasteiger partial charge in [-0.2, -0.15) is 0 Å². The number of pyridine rings is 1. The quantitative estimate of drug-likeness (QED) is 0.753. The molecule has 3 aromatic rings. The van der Waals surface area contributed by atoms with Crippen molar-refractivity contribution in [1.82, 2.24) is 15.2 Å². The number of amides is 1. The largest absolute Gasteiger partial charge is 0.339 e. The minimum Gasteiger partial charge on any atom is -0.339 e. The van der Waals surface area contributed by atoms with Crippen molar-refractivity contribution in [3.63, 3.8) is 0 Å². The van der Waals surface area contributed by atoms with Crippen LogP contribution < -0.4 is 10.6 Å². The smallest absolute Gasteiger partial charge is 0.258 e. The third-order valence-corrected chi connectivity index (χ3v) is 3.49. The van der Waals surface area contributed by atoms with Crippen LogP contribution in [0, 0.1) is 0 Å². The third-order valence-electron chi connectivity index (χ3n) is 3.49. The van der Waals surface area contributed by atoms with E-state index >= 15 is 0 Å². The first-order chi connectivity index (χ1) is 11.8. The van der Waals surface area contributed by atoms with Crippen LogP contribution in [0.1, 0.15) is 22.8 Å². The summed E-state index contributed by atoms with van der Waals surface area (Å²) in [5.74, 6) is 0.739. The fourth-order valence-corrected chi connectivity index (χ4v) is 2.24. The summed E-state index contributed by atoms with van der Waals surface area (Å²) in [4.78, 5) is 16.0. The monoisotopic (exact) mass is 319 g/mol. The number of anilines is 3. The first-order valence-corrected chi connectivity index (χ1v) is 7.66. The van der Waals surface area contributed by atoms with Gasteiger partial charge in [-0.25, -0.2) is 0 Å². The van der Waals surface area contributed by atoms with Gasteiger partial charge in [-0.3, -0.25) is 9.78 Å². The highest BCUT2D eigenvalue weighted by Crippen LogP contribution is 2.20. The van der Waals surface area contributed by atoms with Crippen molar-refractivity contribution in [2.24, 2.45) is 0 Å². The lowest BCUT2D eigenvalue weighted by molar-refractivity contribution is 0.102. The predicted octanol–water partition coefficient (Wildman–Crippen LogP) is 3.43. The first kappa shape index (κ1) is 15.6. The van der Waals surface area contributed by atoms with Crippen LogP contribution in [-0.2, 0) is 6.42 Å². The molecule has 0 unspecified atom stereocenters. The van der Waals surface area contributed by atoms with Crippen LogP contribution in [-0.4, -0.2) is 21.1 Å². The van der Waals surface area contributed by atoms with Gasteiger partial charge in [0.1, 0.15) is 0 Å². The van der Waals surface area contributed by atoms with Crippen LogP contribution in [0.15, 0.2) is 60.9 Å². The van der Waals surface area contributed by atoms with Gasteiger partial charge in [-0.1, -0.05) is 25.1 Å². The van der Waals surface area contributed by atoms with Crippen LogP contribution in [0.2, 0.25) is 0 Å². The molecule has 1 amide bonds. The van der Waals surface area contributed by atoms with Gasteiger partial charge in [-0.05, 0) is 42.3 Å². The molecule has 2 aromatic heterocycles. The Labute approximate surface area is 140 Å². The zero-order chi connectivity index (χ0) is 16.8. The maximum atomic E-state index is 12.0. The molecular formula is C18H17N5O. The number of aromatic nitrogens is 3. The van der Waals surface area contributed by atoms with Crippen LogP contribution >= 0.6 is 0 Å². The number of aryl methyl sites for hydroxylation is 1. The highest BCUT2D eigenvalue weighted by molar-refractivity contribution is 6.03. The molecule has 6 nitrogen and oxygen atoms in total. The fourth-order valence-electron chi connectivity index (χ4n) is 2.24. The molecule has 0 saturated heterocycles. The molecule has 6 heteroatoms. The van der Waals surface area contributed by atoms with E-state index in [1.165, 1.54) is 11.8 Å². The van der Waals surface area contributed by atoms with Gasteiger partial charge in [0.2, 0.25) is 0 Å². The van der Waals surface area contributed by atoms with Crippen molar-refractivity contribution in [1.29, 1.82) is 0 Å². The Morgan fingerprint density at radius 2 is 1.79 bits per heavy atom. The van der Waals surface area contributed by atoms with Gasteiger partial charge in [0.25, 0.3) is 5.91 Å². The fraction of sp³-hybridized carbons (Fsp3) is 0.111. The van der Waals surface area contributed by atoms with Crippen LogP contribution in [0.25, 0.3) is 0 Å². The minimum absolute atomic E-state index is 0.269. The Balaban J connectivity index is 1.68. The number of benzene rings is 1. The summed E-state index contributed by atoms with van der Waals surface area (Å²) in [6.45, 7) is 2.10. The Kier molecular flexibility index (Phi) is 4.76. The SMILES string of the molecule is CCc1ccccc1Nc1ccc(NC(=O)c2cccnc2)nn1. The highest BCUT2D eigenvalue weighted by atomic mass is 16.1. The molecule has 120 valence electrons. The van der Waals surface area contributed by atoms with Crippen molar-refractivity contribution in [3.05, 3.63) is 72.1 Å². The molecule has 0 aliphatic heterocycles. The number of nitrogens with one attached hydrogen (secondary N) is 2. The second-order valence-corrected chi connectivity index (χ2v) is 5.14. The number of carbonyl (C=O) groups is 1. The summed E-state index contributed by atoms with van der Waals surface area (Å²) in [6, 6.07) is 14.9. The number of carbonyl (C=O) groups excluding carboxylic acids is 1. The molecule has 2 N–H and O–H groups in total. The summed E-state index contributed by atoms with van der Waals surface area (Å²) >= 11 is 0. The van der Waals surface area contributed by atoms with Gasteiger partial charge in [0, 0.05) is 18.1 Å². The Bertz CT molecular complexity index is 818. The van der Waals surface area contributed by atoms with Gasteiger partial charge in [0.15, 0.2) is 11.6 Å². The molecular weight excluding hydrogens is 302 g/mol. The lowest BCUT2D eigenvalue weighted by atomic mass is 10.1. The van der Waals surface area contributed by atoms with E-state index in [0.29, 0.717) is 17.2 Å². The summed E-state index contributed by atoms with van der Waals surface area (Å²) in [7, 11) is 0. The Morgan fingerprint density at radius 3 is 2.50 bits per heavy atom. The molecule has 2 heterocycles. The molecule has 3 rings (SSSR count). The van der Waals surface area contributed by atoms with E-state index in [1.54, 1.807) is 30.5 Å². The minimum atomic E-state index is -0.269. The van der Waals surface area contributed by atoms with Gasteiger partial charge in [-0.15, -0.1) is 10.2 Å². The van der Waals surface area contributed by atoms with Gasteiger partial charge in [0.05, 0.1) is 5.56 Å². The molecule has 0 aliphatic carbocycles. The van der Waals surface area contributed by atoms with E-state index in [2.05, 4.69) is 38.8 Å². The Hall–Kier alpha value is -3.28. The van der Waals surface area contributed by atoms with E-state index in [0.717, 1.165) is 12.1 Å². The topological polar surface area (TPSA) is 79.8 Å². The lowest BCUT2D eigenvalue weighted by Gasteiger charge is -2.10. The number of hydrogen-bond acceptors (Lipinski definition) is 5. The molecule has 1 aromatic carbocycles. The molecule has 0 bridgehead atoms. The number of nitrogens with zero attached hydrogens (tertiary/aromatic N) is 3. The Morgan fingerprint density at radius 1 is 1.00 bits per heavy atom. The first-order valence-electron chi connectivity index (χ1n) is 7.66. The molecule has 0 saturated carbocycles. The number of hydrogen-bond donors (Lipinski definition) is 2. The van der Waals surface area contributed by atoms with Crippen LogP contribution in [0.4, 0.5) is 17.3 Å². The number of para-hydroxylation sites is 1. The van der Waals surface area contributed by atoms with Gasteiger partial charge >= 0.3 is 0 Å². The maximum Gasteiger partial charge on any atom is 0.258 e. The van der Waals surface area contributed by atoms with Gasteiger partial charge < -0.3 is 10.6 Å². The lowest BCUT2D eigenvalue weighted by Crippen LogP contribution is -2.13. The predicted molar refractivity (Wildman–Crippen MR) is 93.3 cm³/mol. The van der Waals surface area contributed by atoms with E-state index in [1.807, 2.05) is 18.2 Å². The number of rotatable bonds is 5. The molecule has 0 atom stereocenters. The zero-order valence-corrected chi connectivity index (χ0v) is 13.2. The normalized spacial score (nSPS) is 10.2. The third kappa shape index (κ3) is 3.73. The zero-order valence-electron chi connectivity index (χ0n) is 13.2. The van der Waals surface area contributed by atoms with E-state index in [9.17, 15) is 4.79 Å². The average Bonchev–Trinajstić information content (AvgIpc) is 2.64. The van der Waals surface area contributed by atoms with Crippen LogP contribution in [0.3, 0.4) is 0 Å². The molecule has 0 aliphatic rings. The van der Waals surface area contributed by atoms with Crippen molar-refractivity contribution >= 4 is 23.2 Å². The van der Waals surface area contributed by atoms with E-state index in [-0.39, 0.29) is 5.91 Å². The highest BCUT2D eigenvalue weighted by Gasteiger charge is 2.07. The standard InChI is InChI=1S/C18H17N5O/c1-2-13-6-3-4-8-15(13)20-16-9-10-17(23-22-16)21-18(24)14-7-5-11-19-12-14/h3-12H,2H2,1H3,(H,20,22)(H,21,23,24). The second kappa shape index (κ2) is 7.32. The van der Waals surface area contributed by atoms with Crippen LogP contribution in [0.5, 0.6) is 0 Å². The average molecular weight is 319 g/mol. The van der Waals surface area contributed by atoms with Crippen molar-refractivity contribution in [2.75, 3.05) is 10.6 Å². The summed E-state index contributed by atoms with van der Waals surface area (Å²) in [6.07, 6.45) is 4.04. The van der Waals surface area contributed by atoms with Crippen molar-refractivity contribution in [2.45, 2.75) is 13.3 Å².